The standard InChI is InChI=1S/C13H9NO2/c1-16-13(15)7-5-10-4-6-11-3-2-8-14-12(11)9-10/h2-4,6,8-9H,1H3. The van der Waals surface area contributed by atoms with Gasteiger partial charge >= 0.3 is 5.97 Å². The first kappa shape index (κ1) is 10.2. The van der Waals surface area contributed by atoms with Crippen molar-refractivity contribution in [2.24, 2.45) is 0 Å². The van der Waals surface area contributed by atoms with E-state index < -0.39 is 5.97 Å². The SMILES string of the molecule is COC(=O)C#Cc1ccc2cccnc2c1. The van der Waals surface area contributed by atoms with E-state index in [4.69, 9.17) is 0 Å². The summed E-state index contributed by atoms with van der Waals surface area (Å²) in [6.07, 6.45) is 1.72. The molecule has 0 aliphatic rings. The Labute approximate surface area is 93.1 Å². The normalized spacial score (nSPS) is 9.31. The molecule has 1 aromatic carbocycles. The minimum Gasteiger partial charge on any atom is -0.459 e. The Morgan fingerprint density at radius 1 is 1.38 bits per heavy atom. The second-order valence-electron chi connectivity index (χ2n) is 3.15. The van der Waals surface area contributed by atoms with Crippen LogP contribution in [0.1, 0.15) is 5.56 Å². The van der Waals surface area contributed by atoms with E-state index in [1.807, 2.05) is 30.3 Å². The number of methoxy groups -OCH3 is 1. The molecule has 0 bridgehead atoms. The van der Waals surface area contributed by atoms with Gasteiger partial charge in [-0.3, -0.25) is 4.98 Å². The van der Waals surface area contributed by atoms with Gasteiger partial charge in [0.05, 0.1) is 12.6 Å². The molecule has 78 valence electrons. The maximum Gasteiger partial charge on any atom is 0.384 e. The second kappa shape index (κ2) is 4.45. The highest BCUT2D eigenvalue weighted by Gasteiger charge is 1.95. The molecule has 0 amide bonds. The molecule has 0 spiro atoms. The zero-order chi connectivity index (χ0) is 11.4. The molecule has 3 nitrogen and oxygen atoms in total. The lowest BCUT2D eigenvalue weighted by Crippen LogP contribution is -1.94. The molecule has 0 saturated heterocycles. The highest BCUT2D eigenvalue weighted by molar-refractivity contribution is 5.89. The maximum absolute atomic E-state index is 10.8. The predicted molar refractivity (Wildman–Crippen MR) is 60.6 cm³/mol. The third kappa shape index (κ3) is 2.18. The number of fused-ring (bicyclic) bond motifs is 1. The van der Waals surface area contributed by atoms with Crippen molar-refractivity contribution >= 4 is 16.9 Å². The Kier molecular flexibility index (Phi) is 2.84. The Bertz CT molecular complexity index is 593. The van der Waals surface area contributed by atoms with Crippen molar-refractivity contribution in [1.82, 2.24) is 4.98 Å². The van der Waals surface area contributed by atoms with Gasteiger partial charge in [0.1, 0.15) is 0 Å². The minimum absolute atomic E-state index is 0.541. The summed E-state index contributed by atoms with van der Waals surface area (Å²) in [7, 11) is 1.30. The lowest BCUT2D eigenvalue weighted by Gasteiger charge is -1.96. The van der Waals surface area contributed by atoms with E-state index >= 15 is 0 Å². The van der Waals surface area contributed by atoms with Crippen LogP contribution >= 0.6 is 0 Å². The molecule has 2 aromatic rings. The van der Waals surface area contributed by atoms with Crippen molar-refractivity contribution in [3.05, 3.63) is 42.1 Å². The summed E-state index contributed by atoms with van der Waals surface area (Å²) in [6, 6.07) is 9.46. The van der Waals surface area contributed by atoms with Crippen LogP contribution in [0.15, 0.2) is 36.5 Å². The van der Waals surface area contributed by atoms with Crippen LogP contribution in [0.2, 0.25) is 0 Å². The quantitative estimate of drug-likeness (QED) is 0.492. The van der Waals surface area contributed by atoms with Crippen LogP contribution in [-0.4, -0.2) is 18.1 Å². The number of hydrogen-bond donors (Lipinski definition) is 0. The van der Waals surface area contributed by atoms with Crippen LogP contribution in [0.5, 0.6) is 0 Å². The van der Waals surface area contributed by atoms with Crippen LogP contribution in [0.3, 0.4) is 0 Å². The van der Waals surface area contributed by atoms with Gasteiger partial charge in [0.2, 0.25) is 0 Å². The van der Waals surface area contributed by atoms with E-state index in [0.717, 1.165) is 16.5 Å². The van der Waals surface area contributed by atoms with E-state index in [1.54, 1.807) is 6.20 Å². The molecule has 0 aliphatic carbocycles. The Morgan fingerprint density at radius 2 is 2.25 bits per heavy atom. The maximum atomic E-state index is 10.8. The lowest BCUT2D eigenvalue weighted by molar-refractivity contribution is -0.133. The number of carbonyl (C=O) groups excluding carboxylic acids is 1. The topological polar surface area (TPSA) is 39.2 Å². The van der Waals surface area contributed by atoms with E-state index in [0.29, 0.717) is 0 Å². The fourth-order valence-corrected chi connectivity index (χ4v) is 1.32. The average Bonchev–Trinajstić information content (AvgIpc) is 2.35. The number of nitrogens with zero attached hydrogens (tertiary/aromatic N) is 1. The number of benzene rings is 1. The van der Waals surface area contributed by atoms with E-state index in [-0.39, 0.29) is 0 Å². The Balaban J connectivity index is 2.39. The zero-order valence-electron chi connectivity index (χ0n) is 8.73. The van der Waals surface area contributed by atoms with Gasteiger partial charge in [-0.25, -0.2) is 4.79 Å². The Morgan fingerprint density at radius 3 is 3.06 bits per heavy atom. The highest BCUT2D eigenvalue weighted by atomic mass is 16.5. The van der Waals surface area contributed by atoms with Gasteiger partial charge in [0, 0.05) is 23.1 Å². The lowest BCUT2D eigenvalue weighted by atomic mass is 10.1. The molecule has 0 saturated carbocycles. The number of aromatic nitrogens is 1. The molecule has 2 rings (SSSR count). The molecule has 0 fully saturated rings. The molecule has 0 atom stereocenters. The molecular formula is C13H9NO2. The zero-order valence-corrected chi connectivity index (χ0v) is 8.73. The van der Waals surface area contributed by atoms with Crippen molar-refractivity contribution in [3.8, 4) is 11.8 Å². The molecular weight excluding hydrogens is 202 g/mol. The summed E-state index contributed by atoms with van der Waals surface area (Å²) in [4.78, 5) is 15.0. The monoisotopic (exact) mass is 211 g/mol. The van der Waals surface area contributed by atoms with Crippen LogP contribution in [-0.2, 0) is 9.53 Å². The van der Waals surface area contributed by atoms with E-state index in [9.17, 15) is 4.79 Å². The van der Waals surface area contributed by atoms with Crippen molar-refractivity contribution < 1.29 is 9.53 Å². The fourth-order valence-electron chi connectivity index (χ4n) is 1.32. The molecule has 0 N–H and O–H groups in total. The third-order valence-electron chi connectivity index (χ3n) is 2.10. The number of hydrogen-bond acceptors (Lipinski definition) is 3. The molecule has 0 unspecified atom stereocenters. The largest absolute Gasteiger partial charge is 0.459 e. The van der Waals surface area contributed by atoms with Gasteiger partial charge in [-0.05, 0) is 18.2 Å². The van der Waals surface area contributed by atoms with Gasteiger partial charge < -0.3 is 4.74 Å². The first-order valence-electron chi connectivity index (χ1n) is 4.74. The van der Waals surface area contributed by atoms with Crippen LogP contribution in [0.25, 0.3) is 10.9 Å². The fraction of sp³-hybridized carbons (Fsp3) is 0.0769. The van der Waals surface area contributed by atoms with Crippen molar-refractivity contribution in [1.29, 1.82) is 0 Å². The second-order valence-corrected chi connectivity index (χ2v) is 3.15. The number of ether oxygens (including phenoxy) is 1. The molecule has 1 heterocycles. The number of pyridine rings is 1. The van der Waals surface area contributed by atoms with Gasteiger partial charge in [-0.2, -0.15) is 0 Å². The number of carbonyl (C=O) groups is 1. The highest BCUT2D eigenvalue weighted by Crippen LogP contribution is 2.12. The predicted octanol–water partition coefficient (Wildman–Crippen LogP) is 1.76. The van der Waals surface area contributed by atoms with Gasteiger partial charge in [-0.1, -0.05) is 18.1 Å². The summed E-state index contributed by atoms with van der Waals surface area (Å²) in [5.74, 6) is 4.56. The van der Waals surface area contributed by atoms with Crippen LogP contribution in [0, 0.1) is 11.8 Å². The number of rotatable bonds is 0. The van der Waals surface area contributed by atoms with Crippen LogP contribution < -0.4 is 0 Å². The van der Waals surface area contributed by atoms with E-state index in [2.05, 4.69) is 21.6 Å². The molecule has 1 aromatic heterocycles. The van der Waals surface area contributed by atoms with Crippen molar-refractivity contribution in [3.63, 3.8) is 0 Å². The first-order chi connectivity index (χ1) is 7.79. The number of esters is 1. The summed E-state index contributed by atoms with van der Waals surface area (Å²) in [5, 5.41) is 1.05. The summed E-state index contributed by atoms with van der Waals surface area (Å²) in [6.45, 7) is 0. The molecule has 3 heteroatoms. The summed E-state index contributed by atoms with van der Waals surface area (Å²) < 4.78 is 4.43. The van der Waals surface area contributed by atoms with Crippen molar-refractivity contribution in [2.75, 3.05) is 7.11 Å². The van der Waals surface area contributed by atoms with Gasteiger partial charge in [0.15, 0.2) is 0 Å². The summed E-state index contributed by atoms with van der Waals surface area (Å²) >= 11 is 0. The minimum atomic E-state index is -0.541. The summed E-state index contributed by atoms with van der Waals surface area (Å²) in [5.41, 5.74) is 1.61. The third-order valence-corrected chi connectivity index (χ3v) is 2.10. The van der Waals surface area contributed by atoms with Gasteiger partial charge in [0.25, 0.3) is 0 Å². The molecule has 16 heavy (non-hydrogen) atoms. The van der Waals surface area contributed by atoms with Crippen molar-refractivity contribution in [2.45, 2.75) is 0 Å². The smallest absolute Gasteiger partial charge is 0.384 e. The van der Waals surface area contributed by atoms with Gasteiger partial charge in [-0.15, -0.1) is 0 Å². The van der Waals surface area contributed by atoms with Crippen LogP contribution in [0.4, 0.5) is 0 Å². The Hall–Kier alpha value is -2.34. The molecule has 0 aliphatic heterocycles. The molecule has 0 radical (unpaired) electrons. The first-order valence-corrected chi connectivity index (χ1v) is 4.74. The average molecular weight is 211 g/mol. The van der Waals surface area contributed by atoms with E-state index in [1.165, 1.54) is 7.11 Å².